The van der Waals surface area contributed by atoms with E-state index in [4.69, 9.17) is 18.9 Å². The van der Waals surface area contributed by atoms with Gasteiger partial charge in [-0.25, -0.2) is 0 Å². The Morgan fingerprint density at radius 1 is 0.383 bits per heavy atom. The van der Waals surface area contributed by atoms with Crippen LogP contribution in [-0.2, 0) is 33.3 Å². The molecule has 0 fully saturated rings. The number of hydrogen-bond donors (Lipinski definition) is 0. The summed E-state index contributed by atoms with van der Waals surface area (Å²) in [4.78, 5) is 37.4. The van der Waals surface area contributed by atoms with Gasteiger partial charge in [0.1, 0.15) is 13.2 Å². The molecule has 0 aromatic carbocycles. The van der Waals surface area contributed by atoms with Crippen LogP contribution in [0.3, 0.4) is 0 Å². The van der Waals surface area contributed by atoms with Gasteiger partial charge in [0.25, 0.3) is 0 Å². The highest BCUT2D eigenvalue weighted by atomic mass is 16.7. The van der Waals surface area contributed by atoms with Crippen molar-refractivity contribution in [2.75, 3.05) is 47.5 Å². The van der Waals surface area contributed by atoms with Crippen LogP contribution in [0.25, 0.3) is 0 Å². The molecule has 9 heteroatoms. The number of nitrogens with zero attached hydrogens (tertiary/aromatic N) is 1. The number of carboxylic acids is 1. The van der Waals surface area contributed by atoms with E-state index in [1.54, 1.807) is 0 Å². The maximum Gasteiger partial charge on any atom is 0.306 e. The number of carboxylic acid groups (broad SMARTS) is 1. The molecule has 0 aromatic rings. The molecule has 9 nitrogen and oxygen atoms in total. The summed E-state index contributed by atoms with van der Waals surface area (Å²) in [6.07, 6.45) is 84.1. The topological polar surface area (TPSA) is 111 Å². The van der Waals surface area contributed by atoms with Crippen LogP contribution in [0.15, 0.2) is 122 Å². The lowest BCUT2D eigenvalue weighted by molar-refractivity contribution is -0.870. The highest BCUT2D eigenvalue weighted by Crippen LogP contribution is 2.16. The van der Waals surface area contributed by atoms with Gasteiger partial charge in [-0.2, -0.15) is 0 Å². The number of aliphatic carboxylic acids is 1. The summed E-state index contributed by atoms with van der Waals surface area (Å²) >= 11 is 0. The second-order valence-electron chi connectivity index (χ2n) is 22.7. The van der Waals surface area contributed by atoms with Crippen LogP contribution >= 0.6 is 0 Å². The molecule has 0 aromatic heterocycles. The van der Waals surface area contributed by atoms with E-state index in [1.807, 2.05) is 21.1 Å². The Morgan fingerprint density at radius 3 is 1.07 bits per heavy atom. The summed E-state index contributed by atoms with van der Waals surface area (Å²) in [6.45, 7) is 4.58. The Balaban J connectivity index is 4.26. The zero-order valence-electron chi connectivity index (χ0n) is 52.6. The van der Waals surface area contributed by atoms with Crippen molar-refractivity contribution in [1.82, 2.24) is 0 Å². The minimum atomic E-state index is -1.64. The van der Waals surface area contributed by atoms with E-state index in [-0.39, 0.29) is 38.6 Å². The molecule has 0 amide bonds. The van der Waals surface area contributed by atoms with Crippen LogP contribution in [0.1, 0.15) is 258 Å². The van der Waals surface area contributed by atoms with Crippen molar-refractivity contribution >= 4 is 17.9 Å². The second kappa shape index (κ2) is 61.8. The lowest BCUT2D eigenvalue weighted by Gasteiger charge is -2.26. The molecule has 0 aliphatic rings. The number of hydrogen-bond acceptors (Lipinski definition) is 8. The second-order valence-corrected chi connectivity index (χ2v) is 22.7. The number of unbranched alkanes of at least 4 members (excludes halogenated alkanes) is 24. The first-order chi connectivity index (χ1) is 39.6. The largest absolute Gasteiger partial charge is 0.545 e. The molecule has 0 rings (SSSR count). The van der Waals surface area contributed by atoms with E-state index in [1.165, 1.54) is 135 Å². The fourth-order valence-electron chi connectivity index (χ4n) is 8.70. The lowest BCUT2D eigenvalue weighted by atomic mass is 10.0. The van der Waals surface area contributed by atoms with Gasteiger partial charge in [0, 0.05) is 12.8 Å². The number of carbonyl (C=O) groups excluding carboxylic acids is 3. The van der Waals surface area contributed by atoms with Gasteiger partial charge in [-0.3, -0.25) is 9.59 Å². The summed E-state index contributed by atoms with van der Waals surface area (Å²) < 4.78 is 22.7. The number of allylic oxidation sites excluding steroid dienone is 20. The van der Waals surface area contributed by atoms with Gasteiger partial charge in [-0.05, 0) is 109 Å². The predicted molar refractivity (Wildman–Crippen MR) is 343 cm³/mol. The average Bonchev–Trinajstić information content (AvgIpc) is 3.44. The zero-order valence-corrected chi connectivity index (χ0v) is 52.6. The van der Waals surface area contributed by atoms with Crippen molar-refractivity contribution in [1.29, 1.82) is 0 Å². The molecule has 0 saturated carbocycles. The summed E-state index contributed by atoms with van der Waals surface area (Å²) in [5.41, 5.74) is 0. The highest BCUT2D eigenvalue weighted by Gasteiger charge is 2.22. The molecule has 81 heavy (non-hydrogen) atoms. The van der Waals surface area contributed by atoms with Crippen molar-refractivity contribution in [3.63, 3.8) is 0 Å². The van der Waals surface area contributed by atoms with Crippen LogP contribution in [-0.4, -0.2) is 82.3 Å². The van der Waals surface area contributed by atoms with Gasteiger partial charge in [0.05, 0.1) is 40.3 Å². The number of esters is 2. The van der Waals surface area contributed by atoms with E-state index in [9.17, 15) is 19.5 Å². The minimum Gasteiger partial charge on any atom is -0.545 e. The Hall–Kier alpha value is -4.31. The average molecular weight is 1130 g/mol. The van der Waals surface area contributed by atoms with Crippen LogP contribution in [0.5, 0.6) is 0 Å². The summed E-state index contributed by atoms with van der Waals surface area (Å²) in [5, 5.41) is 11.8. The van der Waals surface area contributed by atoms with Crippen molar-refractivity contribution in [3.05, 3.63) is 122 Å². The van der Waals surface area contributed by atoms with Crippen LogP contribution in [0, 0.1) is 0 Å². The van der Waals surface area contributed by atoms with Crippen LogP contribution in [0.4, 0.5) is 0 Å². The van der Waals surface area contributed by atoms with Gasteiger partial charge in [-0.15, -0.1) is 0 Å². The number of ether oxygens (including phenoxy) is 4. The van der Waals surface area contributed by atoms with E-state index in [2.05, 4.69) is 135 Å². The zero-order chi connectivity index (χ0) is 59.1. The molecule has 0 heterocycles. The third-order valence-electron chi connectivity index (χ3n) is 13.7. The fraction of sp³-hybridized carbons (Fsp3) is 0.681. The molecule has 0 saturated heterocycles. The number of likely N-dealkylation sites (N-methyl/N-ethyl adjacent to an activating group) is 1. The van der Waals surface area contributed by atoms with Crippen molar-refractivity contribution < 1.29 is 42.9 Å². The first-order valence-corrected chi connectivity index (χ1v) is 32.7. The summed E-state index contributed by atoms with van der Waals surface area (Å²) in [5.74, 6) is -2.35. The number of carbonyl (C=O) groups is 3. The highest BCUT2D eigenvalue weighted by molar-refractivity contribution is 5.70. The van der Waals surface area contributed by atoms with Crippen molar-refractivity contribution in [3.8, 4) is 0 Å². The maximum absolute atomic E-state index is 12.9. The van der Waals surface area contributed by atoms with E-state index in [0.717, 1.165) is 89.9 Å². The molecule has 0 aliphatic heterocycles. The molecule has 0 aliphatic carbocycles. The van der Waals surface area contributed by atoms with Gasteiger partial charge < -0.3 is 33.3 Å². The molecule has 462 valence electrons. The smallest absolute Gasteiger partial charge is 0.306 e. The monoisotopic (exact) mass is 1130 g/mol. The Labute approximate surface area is 497 Å². The Morgan fingerprint density at radius 2 is 0.704 bits per heavy atom. The molecule has 0 bridgehead atoms. The number of rotatable bonds is 59. The first kappa shape index (κ1) is 76.7. The molecular formula is C72H121NO8. The first-order valence-electron chi connectivity index (χ1n) is 32.7. The third-order valence-corrected chi connectivity index (χ3v) is 13.7. The van der Waals surface area contributed by atoms with E-state index in [0.29, 0.717) is 17.4 Å². The molecule has 0 N–H and O–H groups in total. The summed E-state index contributed by atoms with van der Waals surface area (Å²) in [6, 6.07) is 0. The SMILES string of the molecule is CC/C=C\C/C=C\C/C=C\C/C=C\C/C=C\C/C=C\C/C=C\C/C=C\CCCCC(=O)OC(COC(=O)CCCCCCCCCCCCCCCCCCC/C=C\C/C=C\CCCCCCC)COC(OCC[N+](C)(C)C)C(=O)[O-]. The van der Waals surface area contributed by atoms with Crippen molar-refractivity contribution in [2.24, 2.45) is 0 Å². The third kappa shape index (κ3) is 63.1. The van der Waals surface area contributed by atoms with Gasteiger partial charge >= 0.3 is 11.9 Å². The van der Waals surface area contributed by atoms with Gasteiger partial charge in [0.2, 0.25) is 0 Å². The molecule has 2 atom stereocenters. The van der Waals surface area contributed by atoms with Crippen LogP contribution in [0.2, 0.25) is 0 Å². The lowest BCUT2D eigenvalue weighted by Crippen LogP contribution is -2.44. The molecule has 2 unspecified atom stereocenters. The molecule has 0 spiro atoms. The normalized spacial score (nSPS) is 13.5. The Kier molecular flexibility index (Phi) is 58.5. The quantitative estimate of drug-likeness (QED) is 0.0195. The standard InChI is InChI=1S/C72H121NO8/c1-6-8-10-12-14-16-18-20-22-24-26-28-30-32-34-35-37-38-40-42-44-46-48-50-52-54-56-58-60-62-69(74)79-66-68(67-80-72(71(76)77)78-65-64-73(3,4)5)81-70(75)63-61-59-57-55-53-51-49-47-45-43-41-39-36-33-31-29-27-25-23-21-19-17-15-13-11-9-7-2/h9,11,15,17-18,20-21,23-24,26-27,29,33,36,41,43,47,49,53,55,68,72H,6-8,10,12-14,16,19,22,25,28,30-32,34-35,37-40,42,44-46,48,50-52,54,56-67H2,1-5H3/b11-9-,17-15-,20-18-,23-21-,26-24-,29-27-,36-33-,43-41-,49-47-,55-53-. The maximum atomic E-state index is 12.9. The Bertz CT molecular complexity index is 1740. The van der Waals surface area contributed by atoms with E-state index < -0.39 is 24.3 Å². The summed E-state index contributed by atoms with van der Waals surface area (Å²) in [7, 11) is 5.90. The molecular weight excluding hydrogens is 1010 g/mol. The van der Waals surface area contributed by atoms with Gasteiger partial charge in [0.15, 0.2) is 12.4 Å². The van der Waals surface area contributed by atoms with E-state index >= 15 is 0 Å². The van der Waals surface area contributed by atoms with Gasteiger partial charge in [-0.1, -0.05) is 257 Å². The predicted octanol–water partition coefficient (Wildman–Crippen LogP) is 18.7. The minimum absolute atomic E-state index is 0.133. The molecule has 0 radical (unpaired) electrons. The van der Waals surface area contributed by atoms with Crippen molar-refractivity contribution in [2.45, 2.75) is 270 Å². The fourth-order valence-corrected chi connectivity index (χ4v) is 8.70. The number of quaternary nitrogens is 1. The van der Waals surface area contributed by atoms with Crippen LogP contribution < -0.4 is 5.11 Å².